The van der Waals surface area contributed by atoms with Crippen molar-refractivity contribution in [3.05, 3.63) is 29.5 Å². The van der Waals surface area contributed by atoms with Gasteiger partial charge in [-0.3, -0.25) is 4.79 Å². The van der Waals surface area contributed by atoms with Crippen LogP contribution in [0.3, 0.4) is 0 Å². The highest BCUT2D eigenvalue weighted by atomic mass is 35.5. The number of hydrogen-bond acceptors (Lipinski definition) is 6. The lowest BCUT2D eigenvalue weighted by molar-refractivity contribution is 0.0476. The van der Waals surface area contributed by atoms with Gasteiger partial charge in [0, 0.05) is 23.0 Å². The summed E-state index contributed by atoms with van der Waals surface area (Å²) in [6, 6.07) is 4.57. The van der Waals surface area contributed by atoms with Crippen molar-refractivity contribution in [3.8, 4) is 5.75 Å². The van der Waals surface area contributed by atoms with Gasteiger partial charge in [-0.2, -0.15) is 0 Å². The van der Waals surface area contributed by atoms with Crippen LogP contribution in [0.1, 0.15) is 41.6 Å². The largest absolute Gasteiger partial charge is 0.506 e. The van der Waals surface area contributed by atoms with Gasteiger partial charge >= 0.3 is 5.97 Å². The number of ether oxygens (including phenoxy) is 1. The zero-order chi connectivity index (χ0) is 19.5. The number of ketones is 1. The summed E-state index contributed by atoms with van der Waals surface area (Å²) < 4.78 is 5.21. The molecule has 2 rings (SSSR count). The van der Waals surface area contributed by atoms with Crippen LogP contribution < -0.4 is 5.32 Å². The predicted octanol–water partition coefficient (Wildman–Crippen LogP) is 2.58. The highest BCUT2D eigenvalue weighted by Crippen LogP contribution is 2.28. The number of esters is 1. The van der Waals surface area contributed by atoms with Crippen molar-refractivity contribution in [1.82, 2.24) is 15.2 Å². The normalized spacial score (nSPS) is 11.5. The lowest BCUT2D eigenvalue weighted by Crippen LogP contribution is -2.39. The Morgan fingerprint density at radius 1 is 1.26 bits per heavy atom. The molecule has 0 saturated heterocycles. The predicted molar refractivity (Wildman–Crippen MR) is 108 cm³/mol. The van der Waals surface area contributed by atoms with Crippen molar-refractivity contribution < 1.29 is 19.4 Å². The second kappa shape index (κ2) is 9.21. The molecular weight excluding hydrogens is 370 g/mol. The first-order valence-corrected chi connectivity index (χ1v) is 8.53. The molecule has 8 heteroatoms. The molecule has 1 heterocycles. The smallest absolute Gasteiger partial charge is 0.354 e. The van der Waals surface area contributed by atoms with E-state index < -0.39 is 5.97 Å². The molecule has 0 radical (unpaired) electrons. The monoisotopic (exact) mass is 397 g/mol. The van der Waals surface area contributed by atoms with Crippen molar-refractivity contribution in [2.24, 2.45) is 0 Å². The number of carbonyl (C=O) groups is 2. The topological polar surface area (TPSA) is 94.7 Å². The van der Waals surface area contributed by atoms with E-state index in [1.807, 2.05) is 39.8 Å². The summed E-state index contributed by atoms with van der Waals surface area (Å²) in [5, 5.41) is 13.7. The van der Waals surface area contributed by atoms with E-state index in [9.17, 15) is 14.7 Å². The molecule has 1 aromatic carbocycles. The van der Waals surface area contributed by atoms with Gasteiger partial charge in [-0.25, -0.2) is 4.79 Å². The molecule has 0 bridgehead atoms. The maximum atomic E-state index is 12.6. The lowest BCUT2D eigenvalue weighted by atomic mass is 10.0. The summed E-state index contributed by atoms with van der Waals surface area (Å²) in [7, 11) is 3.77. The molecule has 0 saturated carbocycles. The zero-order valence-corrected chi connectivity index (χ0v) is 17.2. The number of nitrogens with one attached hydrogen (secondary N) is 2. The maximum Gasteiger partial charge on any atom is 0.354 e. The van der Waals surface area contributed by atoms with E-state index in [-0.39, 0.29) is 48.3 Å². The van der Waals surface area contributed by atoms with Gasteiger partial charge in [-0.05, 0) is 53.1 Å². The Labute approximate surface area is 165 Å². The second-order valence-electron chi connectivity index (χ2n) is 7.57. The molecule has 0 aliphatic heterocycles. The van der Waals surface area contributed by atoms with Gasteiger partial charge in [-0.1, -0.05) is 0 Å². The Balaban J connectivity index is 0.00000364. The average molecular weight is 398 g/mol. The summed E-state index contributed by atoms with van der Waals surface area (Å²) in [5.41, 5.74) is 0.813. The Bertz CT molecular complexity index is 809. The minimum Gasteiger partial charge on any atom is -0.506 e. The third-order valence-electron chi connectivity index (χ3n) is 3.84. The molecule has 3 N–H and O–H groups in total. The number of phenolic OH excluding ortho intramolecular Hbond substituents is 1. The fourth-order valence-electron chi connectivity index (χ4n) is 2.40. The Morgan fingerprint density at radius 3 is 2.52 bits per heavy atom. The molecule has 0 spiro atoms. The molecule has 7 nitrogen and oxygen atoms in total. The number of fused-ring (bicyclic) bond motifs is 1. The number of benzene rings is 1. The molecule has 0 unspecified atom stereocenters. The highest BCUT2D eigenvalue weighted by molar-refractivity contribution is 6.11. The minimum atomic E-state index is -0.520. The van der Waals surface area contributed by atoms with Crippen molar-refractivity contribution in [2.45, 2.75) is 26.3 Å². The molecule has 0 fully saturated rings. The lowest BCUT2D eigenvalue weighted by Gasteiger charge is -2.20. The van der Waals surface area contributed by atoms with Crippen LogP contribution in [-0.2, 0) is 4.74 Å². The Hall–Kier alpha value is -2.09. The summed E-state index contributed by atoms with van der Waals surface area (Å²) in [5.74, 6) is -0.655. The van der Waals surface area contributed by atoms with Crippen LogP contribution in [0, 0.1) is 0 Å². The number of Topliss-reactive ketones (excluding diaryl/α,β-unsaturated/α-hetero) is 1. The third-order valence-corrected chi connectivity index (χ3v) is 3.84. The maximum absolute atomic E-state index is 12.6. The fraction of sp³-hybridized carbons (Fsp3) is 0.474. The number of nitrogens with zero attached hydrogens (tertiary/aromatic N) is 1. The van der Waals surface area contributed by atoms with Gasteiger partial charge in [0.05, 0.1) is 12.1 Å². The first kappa shape index (κ1) is 23.0. The number of likely N-dealkylation sites (N-methyl/N-ethyl adjacent to an activating group) is 1. The number of aromatic hydroxyl groups is 1. The van der Waals surface area contributed by atoms with E-state index in [1.54, 1.807) is 12.1 Å². The Kier molecular flexibility index (Phi) is 7.83. The van der Waals surface area contributed by atoms with Gasteiger partial charge < -0.3 is 25.0 Å². The third kappa shape index (κ3) is 6.23. The van der Waals surface area contributed by atoms with Crippen molar-refractivity contribution >= 4 is 35.1 Å². The number of phenols is 1. The van der Waals surface area contributed by atoms with Crippen LogP contribution in [0.2, 0.25) is 0 Å². The number of rotatable bonds is 7. The van der Waals surface area contributed by atoms with Crippen LogP contribution in [-0.4, -0.2) is 66.1 Å². The van der Waals surface area contributed by atoms with E-state index in [1.165, 1.54) is 6.07 Å². The molecule has 0 amide bonds. The second-order valence-corrected chi connectivity index (χ2v) is 7.57. The molecule has 0 atom stereocenters. The number of carbonyl (C=O) groups excluding carboxylic acids is 2. The van der Waals surface area contributed by atoms with Crippen LogP contribution in [0.5, 0.6) is 5.75 Å². The molecule has 150 valence electrons. The van der Waals surface area contributed by atoms with Crippen LogP contribution in [0.25, 0.3) is 10.9 Å². The first-order chi connectivity index (χ1) is 12.1. The number of aromatic amines is 1. The van der Waals surface area contributed by atoms with Gasteiger partial charge in [0.2, 0.25) is 0 Å². The van der Waals surface area contributed by atoms with Crippen molar-refractivity contribution in [1.29, 1.82) is 0 Å². The SMILES string of the molecule is CN(C)CCOC(=O)c1cc2c(C(=O)CNC(C)(C)C)ccc(O)c2[nH]1.Cl. The molecule has 0 aliphatic carbocycles. The zero-order valence-electron chi connectivity index (χ0n) is 16.4. The first-order valence-electron chi connectivity index (χ1n) is 8.53. The van der Waals surface area contributed by atoms with Crippen LogP contribution >= 0.6 is 12.4 Å². The number of aromatic nitrogens is 1. The summed E-state index contributed by atoms with van der Waals surface area (Å²) in [4.78, 5) is 29.5. The van der Waals surface area contributed by atoms with Gasteiger partial charge in [0.25, 0.3) is 0 Å². The van der Waals surface area contributed by atoms with Crippen molar-refractivity contribution in [3.63, 3.8) is 0 Å². The molecule has 0 aliphatic rings. The van der Waals surface area contributed by atoms with E-state index in [4.69, 9.17) is 4.74 Å². The van der Waals surface area contributed by atoms with Gasteiger partial charge in [0.15, 0.2) is 5.78 Å². The van der Waals surface area contributed by atoms with Crippen LogP contribution in [0.4, 0.5) is 0 Å². The van der Waals surface area contributed by atoms with Gasteiger partial charge in [0.1, 0.15) is 18.1 Å². The van der Waals surface area contributed by atoms with E-state index in [2.05, 4.69) is 10.3 Å². The number of hydrogen-bond donors (Lipinski definition) is 3. The molecule has 1 aromatic heterocycles. The van der Waals surface area contributed by atoms with E-state index in [0.29, 0.717) is 23.0 Å². The van der Waals surface area contributed by atoms with Gasteiger partial charge in [-0.15, -0.1) is 12.4 Å². The Morgan fingerprint density at radius 2 is 1.93 bits per heavy atom. The number of halogens is 1. The van der Waals surface area contributed by atoms with Crippen LogP contribution in [0.15, 0.2) is 18.2 Å². The van der Waals surface area contributed by atoms with E-state index in [0.717, 1.165) is 0 Å². The quantitative estimate of drug-likeness (QED) is 0.491. The number of H-pyrrole nitrogens is 1. The highest BCUT2D eigenvalue weighted by Gasteiger charge is 2.19. The molecule has 27 heavy (non-hydrogen) atoms. The molecule has 2 aromatic rings. The summed E-state index contributed by atoms with van der Waals surface area (Å²) in [6.07, 6.45) is 0. The van der Waals surface area contributed by atoms with Crippen molar-refractivity contribution in [2.75, 3.05) is 33.8 Å². The average Bonchev–Trinajstić information content (AvgIpc) is 2.98. The minimum absolute atomic E-state index is 0. The fourth-order valence-corrected chi connectivity index (χ4v) is 2.40. The molecular formula is C19H28ClN3O4. The van der Waals surface area contributed by atoms with E-state index >= 15 is 0 Å². The standard InChI is InChI=1S/C19H27N3O4.ClH/c1-19(2,3)20-11-16(24)12-6-7-15(23)17-13(12)10-14(21-17)18(25)26-9-8-22(4)5;/h6-7,10,20-21,23H,8-9,11H2,1-5H3;1H. The summed E-state index contributed by atoms with van der Waals surface area (Å²) in [6.45, 7) is 6.96. The summed E-state index contributed by atoms with van der Waals surface area (Å²) >= 11 is 0.